The lowest BCUT2D eigenvalue weighted by Gasteiger charge is -2.26. The number of hydrogen-bond donors (Lipinski definition) is 1. The Bertz CT molecular complexity index is 419. The molecule has 1 N–H and O–H groups in total. The van der Waals surface area contributed by atoms with E-state index in [9.17, 15) is 13.2 Å². The van der Waals surface area contributed by atoms with Crippen molar-refractivity contribution in [3.63, 3.8) is 0 Å². The highest BCUT2D eigenvalue weighted by Crippen LogP contribution is 2.33. The first-order valence-corrected chi connectivity index (χ1v) is 5.56. The molecular formula is C11H13F3N2O2. The van der Waals surface area contributed by atoms with Crippen LogP contribution in [0, 0.1) is 0 Å². The van der Waals surface area contributed by atoms with Gasteiger partial charge >= 0.3 is 6.18 Å². The first-order chi connectivity index (χ1) is 8.49. The fourth-order valence-corrected chi connectivity index (χ4v) is 1.45. The second-order valence-electron chi connectivity index (χ2n) is 3.88. The van der Waals surface area contributed by atoms with Crippen LogP contribution >= 0.6 is 0 Å². The Morgan fingerprint density at radius 1 is 1.44 bits per heavy atom. The Balaban J connectivity index is 2.23. The summed E-state index contributed by atoms with van der Waals surface area (Å²) in [6.07, 6.45) is -4.63. The van der Waals surface area contributed by atoms with Crippen molar-refractivity contribution in [1.29, 1.82) is 0 Å². The number of halogens is 3. The third kappa shape index (κ3) is 3.04. The molecule has 0 radical (unpaired) electrons. The van der Waals surface area contributed by atoms with Crippen LogP contribution in [0.1, 0.15) is 12.5 Å². The number of aromatic nitrogens is 1. The van der Waals surface area contributed by atoms with Crippen molar-refractivity contribution in [2.45, 2.75) is 19.2 Å². The van der Waals surface area contributed by atoms with Gasteiger partial charge in [0.15, 0.2) is 0 Å². The zero-order valence-electron chi connectivity index (χ0n) is 9.75. The van der Waals surface area contributed by atoms with Crippen LogP contribution in [0.2, 0.25) is 0 Å². The standard InChI is InChI=1S/C11H13F3N2O2/c1-2-15-9-3-7(11(12,13)14)4-10(16-9)18-8-5-17-6-8/h3-4,8H,2,5-6H2,1H3,(H,15,16). The highest BCUT2D eigenvalue weighted by atomic mass is 19.4. The number of nitrogens with zero attached hydrogens (tertiary/aromatic N) is 1. The lowest BCUT2D eigenvalue weighted by atomic mass is 10.2. The minimum atomic E-state index is -4.42. The number of anilines is 1. The number of ether oxygens (including phenoxy) is 2. The summed E-state index contributed by atoms with van der Waals surface area (Å²) in [6.45, 7) is 3.03. The van der Waals surface area contributed by atoms with Gasteiger partial charge in [0.05, 0.1) is 18.8 Å². The molecule has 1 fully saturated rings. The minimum absolute atomic E-state index is 0.0333. The second-order valence-corrected chi connectivity index (χ2v) is 3.88. The van der Waals surface area contributed by atoms with E-state index in [0.29, 0.717) is 19.8 Å². The lowest BCUT2D eigenvalue weighted by molar-refractivity contribution is -0.138. The van der Waals surface area contributed by atoms with Crippen LogP contribution in [0.25, 0.3) is 0 Å². The van der Waals surface area contributed by atoms with Crippen LogP contribution in [0.4, 0.5) is 19.0 Å². The average Bonchev–Trinajstić information content (AvgIpc) is 2.23. The first kappa shape index (κ1) is 12.9. The molecule has 1 aromatic rings. The van der Waals surface area contributed by atoms with E-state index in [4.69, 9.17) is 9.47 Å². The van der Waals surface area contributed by atoms with Gasteiger partial charge in [-0.3, -0.25) is 0 Å². The van der Waals surface area contributed by atoms with Crippen molar-refractivity contribution in [2.24, 2.45) is 0 Å². The quantitative estimate of drug-likeness (QED) is 0.904. The van der Waals surface area contributed by atoms with E-state index in [2.05, 4.69) is 10.3 Å². The van der Waals surface area contributed by atoms with E-state index in [-0.39, 0.29) is 17.8 Å². The number of pyridine rings is 1. The second kappa shape index (κ2) is 5.01. The van der Waals surface area contributed by atoms with E-state index in [1.165, 1.54) is 0 Å². The molecule has 0 amide bonds. The molecule has 0 atom stereocenters. The van der Waals surface area contributed by atoms with Crippen molar-refractivity contribution in [3.05, 3.63) is 17.7 Å². The van der Waals surface area contributed by atoms with E-state index >= 15 is 0 Å². The van der Waals surface area contributed by atoms with E-state index in [1.807, 2.05) is 0 Å². The Morgan fingerprint density at radius 2 is 2.17 bits per heavy atom. The predicted molar refractivity (Wildman–Crippen MR) is 58.6 cm³/mol. The molecule has 0 aliphatic carbocycles. The Labute approximate surface area is 102 Å². The van der Waals surface area contributed by atoms with Gasteiger partial charge in [0, 0.05) is 12.6 Å². The molecule has 0 bridgehead atoms. The minimum Gasteiger partial charge on any atom is -0.469 e. The van der Waals surface area contributed by atoms with Gasteiger partial charge in [-0.15, -0.1) is 0 Å². The van der Waals surface area contributed by atoms with Crippen LogP contribution in [0.15, 0.2) is 12.1 Å². The molecule has 0 unspecified atom stereocenters. The van der Waals surface area contributed by atoms with Crippen molar-refractivity contribution in [1.82, 2.24) is 4.98 Å². The van der Waals surface area contributed by atoms with Crippen LogP contribution in [0.5, 0.6) is 5.88 Å². The van der Waals surface area contributed by atoms with Gasteiger partial charge in [0.2, 0.25) is 5.88 Å². The topological polar surface area (TPSA) is 43.4 Å². The molecule has 18 heavy (non-hydrogen) atoms. The van der Waals surface area contributed by atoms with Gasteiger partial charge in [-0.1, -0.05) is 0 Å². The highest BCUT2D eigenvalue weighted by Gasteiger charge is 2.32. The highest BCUT2D eigenvalue weighted by molar-refractivity contribution is 5.42. The Hall–Kier alpha value is -1.50. The molecule has 4 nitrogen and oxygen atoms in total. The number of nitrogens with one attached hydrogen (secondary N) is 1. The smallest absolute Gasteiger partial charge is 0.416 e. The summed E-state index contributed by atoms with van der Waals surface area (Å²) in [5.74, 6) is 0.122. The number of rotatable bonds is 4. The average molecular weight is 262 g/mol. The maximum atomic E-state index is 12.7. The summed E-state index contributed by atoms with van der Waals surface area (Å²) in [6, 6.07) is 1.87. The summed E-state index contributed by atoms with van der Waals surface area (Å²) in [7, 11) is 0. The van der Waals surface area contributed by atoms with Gasteiger partial charge in [-0.25, -0.2) is 0 Å². The van der Waals surface area contributed by atoms with Crippen LogP contribution < -0.4 is 10.1 Å². The van der Waals surface area contributed by atoms with E-state index in [0.717, 1.165) is 12.1 Å². The summed E-state index contributed by atoms with van der Waals surface area (Å²) in [5, 5.41) is 2.75. The molecule has 1 saturated heterocycles. The molecule has 0 saturated carbocycles. The molecule has 2 rings (SSSR count). The normalized spacial score (nSPS) is 16.2. The Morgan fingerprint density at radius 3 is 2.67 bits per heavy atom. The van der Waals surface area contributed by atoms with Gasteiger partial charge in [0.1, 0.15) is 11.9 Å². The van der Waals surface area contributed by atoms with Gasteiger partial charge in [0.25, 0.3) is 0 Å². The number of alkyl halides is 3. The van der Waals surface area contributed by atoms with Gasteiger partial charge < -0.3 is 14.8 Å². The first-order valence-electron chi connectivity index (χ1n) is 5.56. The molecule has 0 aromatic carbocycles. The molecule has 2 heterocycles. The van der Waals surface area contributed by atoms with E-state index < -0.39 is 11.7 Å². The molecule has 1 aromatic heterocycles. The third-order valence-corrected chi connectivity index (χ3v) is 2.38. The largest absolute Gasteiger partial charge is 0.469 e. The molecule has 1 aliphatic rings. The zero-order valence-corrected chi connectivity index (χ0v) is 9.75. The molecule has 1 aliphatic heterocycles. The Kier molecular flexibility index (Phi) is 3.60. The van der Waals surface area contributed by atoms with Crippen LogP contribution in [0.3, 0.4) is 0 Å². The molecular weight excluding hydrogens is 249 g/mol. The number of hydrogen-bond acceptors (Lipinski definition) is 4. The zero-order chi connectivity index (χ0) is 13.2. The van der Waals surface area contributed by atoms with Gasteiger partial charge in [-0.2, -0.15) is 18.2 Å². The lowest BCUT2D eigenvalue weighted by Crippen LogP contribution is -2.38. The maximum Gasteiger partial charge on any atom is 0.416 e. The predicted octanol–water partition coefficient (Wildman–Crippen LogP) is 2.31. The molecule has 0 spiro atoms. The fourth-order valence-electron chi connectivity index (χ4n) is 1.45. The summed E-state index contributed by atoms with van der Waals surface area (Å²) in [4.78, 5) is 3.97. The fraction of sp³-hybridized carbons (Fsp3) is 0.545. The summed E-state index contributed by atoms with van der Waals surface area (Å²) < 4.78 is 48.2. The van der Waals surface area contributed by atoms with Crippen molar-refractivity contribution >= 4 is 5.82 Å². The monoisotopic (exact) mass is 262 g/mol. The SMILES string of the molecule is CCNc1cc(C(F)(F)F)cc(OC2COC2)n1. The summed E-state index contributed by atoms with van der Waals surface area (Å²) in [5.41, 5.74) is -0.774. The maximum absolute atomic E-state index is 12.7. The van der Waals surface area contributed by atoms with Crippen molar-refractivity contribution in [3.8, 4) is 5.88 Å². The van der Waals surface area contributed by atoms with Crippen LogP contribution in [-0.4, -0.2) is 30.8 Å². The summed E-state index contributed by atoms with van der Waals surface area (Å²) >= 11 is 0. The van der Waals surface area contributed by atoms with Crippen molar-refractivity contribution < 1.29 is 22.6 Å². The molecule has 100 valence electrons. The van der Waals surface area contributed by atoms with Crippen molar-refractivity contribution in [2.75, 3.05) is 25.1 Å². The molecule has 7 heteroatoms. The van der Waals surface area contributed by atoms with Crippen LogP contribution in [-0.2, 0) is 10.9 Å². The van der Waals surface area contributed by atoms with Gasteiger partial charge in [-0.05, 0) is 13.0 Å². The third-order valence-electron chi connectivity index (χ3n) is 2.38. The van der Waals surface area contributed by atoms with E-state index in [1.54, 1.807) is 6.92 Å².